The molecule has 1 unspecified atom stereocenters. The Hall–Kier alpha value is -1.71. The van der Waals surface area contributed by atoms with E-state index in [4.69, 9.17) is 0 Å². The highest BCUT2D eigenvalue weighted by Gasteiger charge is 2.13. The lowest BCUT2D eigenvalue weighted by molar-refractivity contribution is 0.289. The van der Waals surface area contributed by atoms with Gasteiger partial charge in [-0.1, -0.05) is 18.2 Å². The Morgan fingerprint density at radius 3 is 2.43 bits per heavy atom. The van der Waals surface area contributed by atoms with Gasteiger partial charge in [-0.2, -0.15) is 0 Å². The quantitative estimate of drug-likeness (QED) is 0.883. The Labute approximate surface area is 128 Å². The summed E-state index contributed by atoms with van der Waals surface area (Å²) in [6.07, 6.45) is 3.70. The maximum absolute atomic E-state index is 4.06. The molecule has 1 aromatic heterocycles. The van der Waals surface area contributed by atoms with Crippen LogP contribution in [0.25, 0.3) is 0 Å². The van der Waals surface area contributed by atoms with E-state index >= 15 is 0 Å². The Morgan fingerprint density at radius 1 is 1.10 bits per heavy atom. The molecule has 0 saturated heterocycles. The van der Waals surface area contributed by atoms with Crippen molar-refractivity contribution >= 4 is 0 Å². The van der Waals surface area contributed by atoms with Crippen molar-refractivity contribution in [3.05, 3.63) is 65.0 Å². The summed E-state index contributed by atoms with van der Waals surface area (Å²) in [5.74, 6) is 0. The first-order chi connectivity index (χ1) is 10.1. The number of pyridine rings is 1. The second-order valence-electron chi connectivity index (χ2n) is 5.74. The zero-order chi connectivity index (χ0) is 15.2. The third kappa shape index (κ3) is 4.38. The van der Waals surface area contributed by atoms with Crippen LogP contribution in [0.4, 0.5) is 0 Å². The van der Waals surface area contributed by atoms with Crippen LogP contribution in [0.15, 0.2) is 42.7 Å². The van der Waals surface area contributed by atoms with E-state index in [9.17, 15) is 0 Å². The topological polar surface area (TPSA) is 28.2 Å². The number of aryl methyl sites for hydroxylation is 2. The van der Waals surface area contributed by atoms with Gasteiger partial charge < -0.3 is 10.2 Å². The molecule has 0 radical (unpaired) electrons. The lowest BCUT2D eigenvalue weighted by Crippen LogP contribution is -2.31. The SMILES string of the molecule is CNC(CN(C)Cc1ccncc1)c1ccc(C)c(C)c1. The summed E-state index contributed by atoms with van der Waals surface area (Å²) in [5.41, 5.74) is 5.34. The van der Waals surface area contributed by atoms with Gasteiger partial charge in [-0.15, -0.1) is 0 Å². The molecule has 21 heavy (non-hydrogen) atoms. The average Bonchev–Trinajstić information content (AvgIpc) is 2.49. The van der Waals surface area contributed by atoms with Crippen molar-refractivity contribution in [2.45, 2.75) is 26.4 Å². The lowest BCUT2D eigenvalue weighted by atomic mass is 10.0. The van der Waals surface area contributed by atoms with E-state index in [0.29, 0.717) is 6.04 Å². The molecule has 0 fully saturated rings. The summed E-state index contributed by atoms with van der Waals surface area (Å²) in [6, 6.07) is 11.2. The normalized spacial score (nSPS) is 12.6. The number of hydrogen-bond donors (Lipinski definition) is 1. The summed E-state index contributed by atoms with van der Waals surface area (Å²) in [5, 5.41) is 3.43. The van der Waals surface area contributed by atoms with Gasteiger partial charge in [0.25, 0.3) is 0 Å². The highest BCUT2D eigenvalue weighted by Crippen LogP contribution is 2.18. The highest BCUT2D eigenvalue weighted by molar-refractivity contribution is 5.31. The summed E-state index contributed by atoms with van der Waals surface area (Å²) in [7, 11) is 4.19. The number of likely N-dealkylation sites (N-methyl/N-ethyl adjacent to an activating group) is 2. The third-order valence-corrected chi connectivity index (χ3v) is 3.98. The van der Waals surface area contributed by atoms with Gasteiger partial charge in [0.2, 0.25) is 0 Å². The van der Waals surface area contributed by atoms with E-state index in [2.05, 4.69) is 66.4 Å². The van der Waals surface area contributed by atoms with Gasteiger partial charge in [0.1, 0.15) is 0 Å². The summed E-state index contributed by atoms with van der Waals surface area (Å²) >= 11 is 0. The first-order valence-corrected chi connectivity index (χ1v) is 7.42. The molecule has 3 heteroatoms. The zero-order valence-electron chi connectivity index (χ0n) is 13.4. The minimum atomic E-state index is 0.344. The molecule has 1 N–H and O–H groups in total. The molecule has 0 aliphatic heterocycles. The van der Waals surface area contributed by atoms with E-state index in [0.717, 1.165) is 13.1 Å². The molecule has 112 valence electrons. The fourth-order valence-electron chi connectivity index (χ4n) is 2.52. The molecule has 1 heterocycles. The van der Waals surface area contributed by atoms with Gasteiger partial charge in [0.05, 0.1) is 0 Å². The first-order valence-electron chi connectivity index (χ1n) is 7.42. The molecule has 0 saturated carbocycles. The number of rotatable bonds is 6. The zero-order valence-corrected chi connectivity index (χ0v) is 13.4. The molecule has 3 nitrogen and oxygen atoms in total. The second kappa shape index (κ2) is 7.34. The molecule has 2 rings (SSSR count). The van der Waals surface area contributed by atoms with Crippen LogP contribution in [0.2, 0.25) is 0 Å². The Morgan fingerprint density at radius 2 is 1.81 bits per heavy atom. The van der Waals surface area contributed by atoms with E-state index in [1.165, 1.54) is 22.3 Å². The molecule has 0 aliphatic carbocycles. The standard InChI is InChI=1S/C18H25N3/c1-14-5-6-17(11-15(14)2)18(19-3)13-21(4)12-16-7-9-20-10-8-16/h5-11,18-19H,12-13H2,1-4H3. The summed E-state index contributed by atoms with van der Waals surface area (Å²) in [6.45, 7) is 6.24. The molecule has 0 spiro atoms. The van der Waals surface area contributed by atoms with Crippen LogP contribution in [0.1, 0.15) is 28.3 Å². The van der Waals surface area contributed by atoms with Crippen LogP contribution in [0.5, 0.6) is 0 Å². The van der Waals surface area contributed by atoms with Crippen LogP contribution < -0.4 is 5.32 Å². The maximum Gasteiger partial charge on any atom is 0.0446 e. The van der Waals surface area contributed by atoms with Crippen molar-refractivity contribution in [1.82, 2.24) is 15.2 Å². The van der Waals surface area contributed by atoms with E-state index < -0.39 is 0 Å². The molecule has 1 atom stereocenters. The molecule has 2 aromatic rings. The van der Waals surface area contributed by atoms with E-state index in [1.807, 2.05) is 19.4 Å². The van der Waals surface area contributed by atoms with Gasteiger partial charge in [-0.25, -0.2) is 0 Å². The van der Waals surface area contributed by atoms with Gasteiger partial charge in [0, 0.05) is 31.5 Å². The van der Waals surface area contributed by atoms with Crippen molar-refractivity contribution in [2.75, 3.05) is 20.6 Å². The van der Waals surface area contributed by atoms with Gasteiger partial charge in [-0.05, 0) is 62.3 Å². The van der Waals surface area contributed by atoms with Gasteiger partial charge in [0.15, 0.2) is 0 Å². The largest absolute Gasteiger partial charge is 0.312 e. The average molecular weight is 283 g/mol. The molecule has 0 bridgehead atoms. The fourth-order valence-corrected chi connectivity index (χ4v) is 2.52. The lowest BCUT2D eigenvalue weighted by Gasteiger charge is -2.24. The minimum Gasteiger partial charge on any atom is -0.312 e. The first kappa shape index (κ1) is 15.7. The minimum absolute atomic E-state index is 0.344. The Bertz CT molecular complexity index is 566. The maximum atomic E-state index is 4.06. The number of nitrogens with one attached hydrogen (secondary N) is 1. The van der Waals surface area contributed by atoms with E-state index in [-0.39, 0.29) is 0 Å². The Balaban J connectivity index is 2.02. The molecular formula is C18H25N3. The van der Waals surface area contributed by atoms with Crippen molar-refractivity contribution in [3.63, 3.8) is 0 Å². The van der Waals surface area contributed by atoms with Gasteiger partial charge >= 0.3 is 0 Å². The highest BCUT2D eigenvalue weighted by atomic mass is 15.1. The van der Waals surface area contributed by atoms with E-state index in [1.54, 1.807) is 0 Å². The summed E-state index contributed by atoms with van der Waals surface area (Å²) in [4.78, 5) is 6.40. The van der Waals surface area contributed by atoms with Crippen molar-refractivity contribution < 1.29 is 0 Å². The number of aromatic nitrogens is 1. The van der Waals surface area contributed by atoms with Gasteiger partial charge in [-0.3, -0.25) is 4.98 Å². The third-order valence-electron chi connectivity index (χ3n) is 3.98. The predicted molar refractivity (Wildman–Crippen MR) is 88.3 cm³/mol. The number of nitrogens with zero attached hydrogens (tertiary/aromatic N) is 2. The fraction of sp³-hybridized carbons (Fsp3) is 0.389. The van der Waals surface area contributed by atoms with Crippen LogP contribution in [-0.4, -0.2) is 30.5 Å². The predicted octanol–water partition coefficient (Wildman–Crippen LogP) is 3.09. The molecule has 0 aliphatic rings. The Kier molecular flexibility index (Phi) is 5.48. The van der Waals surface area contributed by atoms with Crippen molar-refractivity contribution in [3.8, 4) is 0 Å². The van der Waals surface area contributed by atoms with Crippen molar-refractivity contribution in [1.29, 1.82) is 0 Å². The van der Waals surface area contributed by atoms with Crippen LogP contribution >= 0.6 is 0 Å². The molecule has 0 amide bonds. The van der Waals surface area contributed by atoms with Crippen LogP contribution in [-0.2, 0) is 6.54 Å². The smallest absolute Gasteiger partial charge is 0.0446 e. The number of hydrogen-bond acceptors (Lipinski definition) is 3. The molecular weight excluding hydrogens is 258 g/mol. The summed E-state index contributed by atoms with van der Waals surface area (Å²) < 4.78 is 0. The molecule has 1 aromatic carbocycles. The monoisotopic (exact) mass is 283 g/mol. The second-order valence-corrected chi connectivity index (χ2v) is 5.74. The van der Waals surface area contributed by atoms with Crippen LogP contribution in [0.3, 0.4) is 0 Å². The number of benzene rings is 1. The van der Waals surface area contributed by atoms with Crippen LogP contribution in [0, 0.1) is 13.8 Å². The van der Waals surface area contributed by atoms with Crippen molar-refractivity contribution in [2.24, 2.45) is 0 Å².